The second kappa shape index (κ2) is 8.88. The van der Waals surface area contributed by atoms with Crippen molar-refractivity contribution in [1.29, 1.82) is 0 Å². The first-order valence-corrected chi connectivity index (χ1v) is 7.95. The molecule has 0 saturated carbocycles. The van der Waals surface area contributed by atoms with Crippen LogP contribution in [-0.2, 0) is 14.3 Å². The molecule has 0 heterocycles. The number of amides is 1. The number of esters is 1. The zero-order valence-electron chi connectivity index (χ0n) is 14.6. The summed E-state index contributed by atoms with van der Waals surface area (Å²) < 4.78 is 36.1. The largest absolute Gasteiger partial charge is 0.482 e. The molecular weight excluding hydrogens is 360 g/mol. The number of ether oxygens (including phenoxy) is 2. The molecule has 0 aliphatic rings. The first kappa shape index (κ1) is 20.0. The predicted molar refractivity (Wildman–Crippen MR) is 92.5 cm³/mol. The van der Waals surface area contributed by atoms with E-state index in [4.69, 9.17) is 9.47 Å². The number of hydrogen-bond acceptors (Lipinski definition) is 5. The summed E-state index contributed by atoms with van der Waals surface area (Å²) in [6.45, 7) is 2.32. The molecular formula is C19H17F2NO5. The minimum Gasteiger partial charge on any atom is -0.482 e. The fourth-order valence-corrected chi connectivity index (χ4v) is 2.03. The van der Waals surface area contributed by atoms with Gasteiger partial charge in [-0.25, -0.2) is 13.6 Å². The summed E-state index contributed by atoms with van der Waals surface area (Å²) in [7, 11) is 0. The molecule has 8 heteroatoms. The third-order valence-corrected chi connectivity index (χ3v) is 3.48. The van der Waals surface area contributed by atoms with Crippen LogP contribution in [0.4, 0.5) is 14.5 Å². The van der Waals surface area contributed by atoms with E-state index in [1.54, 1.807) is 12.1 Å². The van der Waals surface area contributed by atoms with Crippen molar-refractivity contribution in [2.24, 2.45) is 0 Å². The number of carbonyl (C=O) groups excluding carboxylic acids is 3. The molecule has 2 rings (SSSR count). The van der Waals surface area contributed by atoms with Gasteiger partial charge in [0.25, 0.3) is 5.91 Å². The van der Waals surface area contributed by atoms with Gasteiger partial charge in [-0.05, 0) is 50.2 Å². The van der Waals surface area contributed by atoms with Crippen LogP contribution in [-0.4, -0.2) is 30.4 Å². The van der Waals surface area contributed by atoms with E-state index in [-0.39, 0.29) is 11.5 Å². The summed E-state index contributed by atoms with van der Waals surface area (Å²) in [4.78, 5) is 34.9. The Morgan fingerprint density at radius 2 is 1.70 bits per heavy atom. The van der Waals surface area contributed by atoms with Crippen LogP contribution >= 0.6 is 0 Å². The highest BCUT2D eigenvalue weighted by Crippen LogP contribution is 2.14. The molecule has 0 unspecified atom stereocenters. The lowest BCUT2D eigenvalue weighted by Gasteiger charge is -2.14. The molecule has 0 aromatic heterocycles. The molecule has 2 aromatic rings. The number of ketones is 1. The van der Waals surface area contributed by atoms with Gasteiger partial charge in [-0.1, -0.05) is 0 Å². The van der Waals surface area contributed by atoms with Crippen molar-refractivity contribution < 1.29 is 32.6 Å². The summed E-state index contributed by atoms with van der Waals surface area (Å²) in [5.74, 6) is -3.39. The van der Waals surface area contributed by atoms with E-state index in [2.05, 4.69) is 5.32 Å². The lowest BCUT2D eigenvalue weighted by Crippen LogP contribution is -2.31. The highest BCUT2D eigenvalue weighted by Gasteiger charge is 2.19. The highest BCUT2D eigenvalue weighted by molar-refractivity contribution is 5.95. The maximum atomic E-state index is 13.1. The molecule has 0 fully saturated rings. The Kier molecular flexibility index (Phi) is 6.59. The summed E-state index contributed by atoms with van der Waals surface area (Å²) in [5, 5.41) is 2.31. The average molecular weight is 377 g/mol. The molecule has 0 saturated heterocycles. The molecule has 0 radical (unpaired) electrons. The van der Waals surface area contributed by atoms with Crippen molar-refractivity contribution in [1.82, 2.24) is 0 Å². The summed E-state index contributed by atoms with van der Waals surface area (Å²) >= 11 is 0. The Hall–Kier alpha value is -3.29. The number of halogens is 2. The Morgan fingerprint density at radius 1 is 1.04 bits per heavy atom. The number of benzene rings is 2. The smallest absolute Gasteiger partial charge is 0.344 e. The van der Waals surface area contributed by atoms with Crippen LogP contribution in [0, 0.1) is 11.6 Å². The molecule has 0 aliphatic heterocycles. The van der Waals surface area contributed by atoms with E-state index in [0.717, 1.165) is 12.1 Å². The first-order chi connectivity index (χ1) is 12.8. The second-order valence-electron chi connectivity index (χ2n) is 5.62. The minimum absolute atomic E-state index is 0.0311. The Labute approximate surface area is 154 Å². The highest BCUT2D eigenvalue weighted by atomic mass is 19.2. The molecule has 1 amide bonds. The second-order valence-corrected chi connectivity index (χ2v) is 5.62. The van der Waals surface area contributed by atoms with E-state index in [9.17, 15) is 23.2 Å². The zero-order chi connectivity index (χ0) is 20.0. The van der Waals surface area contributed by atoms with Crippen LogP contribution in [0.1, 0.15) is 24.2 Å². The van der Waals surface area contributed by atoms with Crippen LogP contribution in [0.15, 0.2) is 42.5 Å². The van der Waals surface area contributed by atoms with Gasteiger partial charge in [-0.3, -0.25) is 9.59 Å². The van der Waals surface area contributed by atoms with E-state index in [0.29, 0.717) is 11.3 Å². The SMILES string of the molecule is CC(=O)c1ccc(OCC(=O)O[C@@H](C)C(=O)Nc2ccc(F)c(F)c2)cc1. The summed E-state index contributed by atoms with van der Waals surface area (Å²) in [6.07, 6.45) is -1.17. The van der Waals surface area contributed by atoms with Gasteiger partial charge in [-0.2, -0.15) is 0 Å². The number of anilines is 1. The van der Waals surface area contributed by atoms with Crippen molar-refractivity contribution in [3.8, 4) is 5.75 Å². The Morgan fingerprint density at radius 3 is 2.30 bits per heavy atom. The van der Waals surface area contributed by atoms with Crippen molar-refractivity contribution in [2.75, 3.05) is 11.9 Å². The fourth-order valence-electron chi connectivity index (χ4n) is 2.03. The van der Waals surface area contributed by atoms with Gasteiger partial charge >= 0.3 is 5.97 Å². The van der Waals surface area contributed by atoms with Gasteiger partial charge in [0.2, 0.25) is 0 Å². The number of rotatable bonds is 7. The van der Waals surface area contributed by atoms with Crippen LogP contribution in [0.3, 0.4) is 0 Å². The number of Topliss-reactive ketones (excluding diaryl/α,β-unsaturated/α-hetero) is 1. The third-order valence-electron chi connectivity index (χ3n) is 3.48. The van der Waals surface area contributed by atoms with Gasteiger partial charge in [0.1, 0.15) is 5.75 Å². The minimum atomic E-state index is -1.17. The lowest BCUT2D eigenvalue weighted by molar-refractivity contribution is -0.155. The molecule has 27 heavy (non-hydrogen) atoms. The number of carbonyl (C=O) groups is 3. The number of nitrogens with one attached hydrogen (secondary N) is 1. The zero-order valence-corrected chi connectivity index (χ0v) is 14.6. The van der Waals surface area contributed by atoms with Crippen molar-refractivity contribution in [3.63, 3.8) is 0 Å². The van der Waals surface area contributed by atoms with Crippen LogP contribution in [0.5, 0.6) is 5.75 Å². The molecule has 1 N–H and O–H groups in total. The summed E-state index contributed by atoms with van der Waals surface area (Å²) in [6, 6.07) is 9.04. The normalized spacial score (nSPS) is 11.4. The van der Waals surface area contributed by atoms with Gasteiger partial charge in [0.15, 0.2) is 30.1 Å². The Bertz CT molecular complexity index is 852. The third kappa shape index (κ3) is 5.88. The van der Waals surface area contributed by atoms with Gasteiger partial charge in [-0.15, -0.1) is 0 Å². The lowest BCUT2D eigenvalue weighted by atomic mass is 10.1. The maximum Gasteiger partial charge on any atom is 0.344 e. The molecule has 2 aromatic carbocycles. The molecule has 1 atom stereocenters. The summed E-state index contributed by atoms with van der Waals surface area (Å²) in [5.41, 5.74) is 0.538. The van der Waals surface area contributed by atoms with Crippen LogP contribution in [0.2, 0.25) is 0 Å². The molecule has 6 nitrogen and oxygen atoms in total. The van der Waals surface area contributed by atoms with Crippen LogP contribution in [0.25, 0.3) is 0 Å². The molecule has 0 bridgehead atoms. The predicted octanol–water partition coefficient (Wildman–Crippen LogP) is 3.12. The van der Waals surface area contributed by atoms with E-state index >= 15 is 0 Å². The van der Waals surface area contributed by atoms with Crippen LogP contribution < -0.4 is 10.1 Å². The topological polar surface area (TPSA) is 81.7 Å². The number of hydrogen-bond donors (Lipinski definition) is 1. The van der Waals surface area contributed by atoms with Gasteiger partial charge in [0.05, 0.1) is 0 Å². The van der Waals surface area contributed by atoms with Crippen molar-refractivity contribution in [2.45, 2.75) is 20.0 Å². The standard InChI is InChI=1S/C19H17F2NO5/c1-11(23)13-3-6-15(7-4-13)26-10-18(24)27-12(2)19(25)22-14-5-8-16(20)17(21)9-14/h3-9,12H,10H2,1-2H3,(H,22,25)/t12-/m0/s1. The average Bonchev–Trinajstić information content (AvgIpc) is 2.63. The van der Waals surface area contributed by atoms with Gasteiger partial charge < -0.3 is 14.8 Å². The van der Waals surface area contributed by atoms with Crippen molar-refractivity contribution in [3.05, 3.63) is 59.7 Å². The van der Waals surface area contributed by atoms with E-state index in [1.165, 1.54) is 32.0 Å². The first-order valence-electron chi connectivity index (χ1n) is 7.95. The maximum absolute atomic E-state index is 13.1. The Balaban J connectivity index is 1.82. The van der Waals surface area contributed by atoms with E-state index < -0.39 is 36.2 Å². The molecule has 0 aliphatic carbocycles. The van der Waals surface area contributed by atoms with Crippen molar-refractivity contribution >= 4 is 23.3 Å². The molecule has 142 valence electrons. The monoisotopic (exact) mass is 377 g/mol. The van der Waals surface area contributed by atoms with Gasteiger partial charge in [0, 0.05) is 17.3 Å². The quantitative estimate of drug-likeness (QED) is 0.592. The van der Waals surface area contributed by atoms with E-state index in [1.807, 2.05) is 0 Å². The fraction of sp³-hybridized carbons (Fsp3) is 0.211. The molecule has 0 spiro atoms.